The monoisotopic (exact) mass is 334 g/mol. The summed E-state index contributed by atoms with van der Waals surface area (Å²) in [5.74, 6) is -0.440. The second kappa shape index (κ2) is 7.19. The van der Waals surface area contributed by atoms with Gasteiger partial charge in [-0.2, -0.15) is 0 Å². The molecule has 1 aromatic heterocycles. The quantitative estimate of drug-likeness (QED) is 0.904. The SMILES string of the molecule is O=C(NC1CCC(O)CC1)c1csc(Cc2cccc(F)c2)n1. The predicted octanol–water partition coefficient (Wildman–Crippen LogP) is 2.91. The third kappa shape index (κ3) is 4.36. The maximum atomic E-state index is 13.2. The zero-order valence-electron chi connectivity index (χ0n) is 12.7. The standard InChI is InChI=1S/C17H19FN2O2S/c18-12-3-1-2-11(8-12)9-16-20-15(10-23-16)17(22)19-13-4-6-14(21)7-5-13/h1-3,8,10,13-14,21H,4-7,9H2,(H,19,22). The first-order valence-corrected chi connectivity index (χ1v) is 8.66. The number of amides is 1. The van der Waals surface area contributed by atoms with E-state index < -0.39 is 0 Å². The summed E-state index contributed by atoms with van der Waals surface area (Å²) < 4.78 is 13.2. The lowest BCUT2D eigenvalue weighted by Crippen LogP contribution is -2.38. The number of aromatic nitrogens is 1. The van der Waals surface area contributed by atoms with Gasteiger partial charge in [0.1, 0.15) is 11.5 Å². The Labute approximate surface area is 138 Å². The molecule has 0 bridgehead atoms. The van der Waals surface area contributed by atoms with Crippen LogP contribution in [0.25, 0.3) is 0 Å². The summed E-state index contributed by atoms with van der Waals surface area (Å²) in [5, 5.41) is 15.0. The van der Waals surface area contributed by atoms with E-state index >= 15 is 0 Å². The van der Waals surface area contributed by atoms with Crippen molar-refractivity contribution >= 4 is 17.2 Å². The summed E-state index contributed by atoms with van der Waals surface area (Å²) in [6.45, 7) is 0. The minimum atomic E-state index is -0.267. The van der Waals surface area contributed by atoms with E-state index in [9.17, 15) is 14.3 Å². The van der Waals surface area contributed by atoms with Gasteiger partial charge in [-0.15, -0.1) is 11.3 Å². The lowest BCUT2D eigenvalue weighted by Gasteiger charge is -2.25. The Morgan fingerprint density at radius 3 is 2.87 bits per heavy atom. The lowest BCUT2D eigenvalue weighted by molar-refractivity contribution is 0.0863. The minimum absolute atomic E-state index is 0.110. The summed E-state index contributed by atoms with van der Waals surface area (Å²) >= 11 is 1.41. The van der Waals surface area contributed by atoms with Gasteiger partial charge in [0.2, 0.25) is 0 Å². The van der Waals surface area contributed by atoms with Gasteiger partial charge in [0, 0.05) is 17.8 Å². The van der Waals surface area contributed by atoms with Gasteiger partial charge in [0.25, 0.3) is 5.91 Å². The molecule has 1 amide bonds. The largest absolute Gasteiger partial charge is 0.393 e. The number of halogens is 1. The topological polar surface area (TPSA) is 62.2 Å². The fourth-order valence-corrected chi connectivity index (χ4v) is 3.61. The van der Waals surface area contributed by atoms with Crippen LogP contribution in [0.15, 0.2) is 29.6 Å². The van der Waals surface area contributed by atoms with Gasteiger partial charge < -0.3 is 10.4 Å². The molecule has 0 aliphatic heterocycles. The molecule has 3 rings (SSSR count). The summed E-state index contributed by atoms with van der Waals surface area (Å²) in [4.78, 5) is 16.6. The maximum absolute atomic E-state index is 13.2. The number of thiazole rings is 1. The van der Waals surface area contributed by atoms with Crippen LogP contribution in [0.5, 0.6) is 0 Å². The van der Waals surface area contributed by atoms with Crippen LogP contribution < -0.4 is 5.32 Å². The normalized spacial score (nSPS) is 21.1. The molecule has 0 radical (unpaired) electrons. The third-order valence-electron chi connectivity index (χ3n) is 4.06. The van der Waals surface area contributed by atoms with Crippen molar-refractivity contribution in [3.8, 4) is 0 Å². The Bertz CT molecular complexity index is 681. The highest BCUT2D eigenvalue weighted by atomic mass is 32.1. The number of nitrogens with one attached hydrogen (secondary N) is 1. The molecular formula is C17H19FN2O2S. The van der Waals surface area contributed by atoms with Crippen LogP contribution in [0.3, 0.4) is 0 Å². The molecule has 0 spiro atoms. The van der Waals surface area contributed by atoms with Crippen LogP contribution in [0, 0.1) is 5.82 Å². The van der Waals surface area contributed by atoms with Gasteiger partial charge in [-0.25, -0.2) is 9.37 Å². The number of nitrogens with zero attached hydrogens (tertiary/aromatic N) is 1. The Kier molecular flexibility index (Phi) is 5.03. The number of aliphatic hydroxyl groups excluding tert-OH is 1. The van der Waals surface area contributed by atoms with Crippen molar-refractivity contribution in [1.29, 1.82) is 0 Å². The minimum Gasteiger partial charge on any atom is -0.393 e. The highest BCUT2D eigenvalue weighted by Crippen LogP contribution is 2.20. The summed E-state index contributed by atoms with van der Waals surface area (Å²) in [7, 11) is 0. The Balaban J connectivity index is 1.59. The zero-order valence-corrected chi connectivity index (χ0v) is 13.5. The van der Waals surface area contributed by atoms with E-state index in [0.717, 1.165) is 36.3 Å². The van der Waals surface area contributed by atoms with Gasteiger partial charge in [-0.3, -0.25) is 4.79 Å². The van der Waals surface area contributed by atoms with Crippen molar-refractivity contribution < 1.29 is 14.3 Å². The summed E-state index contributed by atoms with van der Waals surface area (Å²) in [6, 6.07) is 6.51. The van der Waals surface area contributed by atoms with Gasteiger partial charge in [0.15, 0.2) is 0 Å². The average molecular weight is 334 g/mol. The van der Waals surface area contributed by atoms with Crippen molar-refractivity contribution in [2.45, 2.75) is 44.2 Å². The molecule has 1 heterocycles. The molecule has 122 valence electrons. The van der Waals surface area contributed by atoms with Gasteiger partial charge >= 0.3 is 0 Å². The number of rotatable bonds is 4. The molecule has 6 heteroatoms. The lowest BCUT2D eigenvalue weighted by atomic mass is 9.93. The average Bonchev–Trinajstić information content (AvgIpc) is 2.98. The van der Waals surface area contributed by atoms with Crippen molar-refractivity contribution in [3.05, 3.63) is 51.7 Å². The highest BCUT2D eigenvalue weighted by Gasteiger charge is 2.22. The second-order valence-electron chi connectivity index (χ2n) is 5.91. The summed E-state index contributed by atoms with van der Waals surface area (Å²) in [6.07, 6.45) is 3.34. The molecule has 2 N–H and O–H groups in total. The zero-order chi connectivity index (χ0) is 16.2. The van der Waals surface area contributed by atoms with E-state index in [1.165, 1.54) is 23.5 Å². The van der Waals surface area contributed by atoms with E-state index in [-0.39, 0.29) is 23.9 Å². The molecule has 1 aliphatic carbocycles. The van der Waals surface area contributed by atoms with Crippen LogP contribution >= 0.6 is 11.3 Å². The number of hydrogen-bond acceptors (Lipinski definition) is 4. The van der Waals surface area contributed by atoms with Gasteiger partial charge in [0.05, 0.1) is 11.1 Å². The number of aliphatic hydroxyl groups is 1. The first-order valence-electron chi connectivity index (χ1n) is 7.78. The molecule has 0 atom stereocenters. The molecular weight excluding hydrogens is 315 g/mol. The van der Waals surface area contributed by atoms with Crippen molar-refractivity contribution in [2.75, 3.05) is 0 Å². The van der Waals surface area contributed by atoms with Gasteiger partial charge in [-0.1, -0.05) is 12.1 Å². The van der Waals surface area contributed by atoms with E-state index in [2.05, 4.69) is 10.3 Å². The molecule has 0 saturated heterocycles. The fraction of sp³-hybridized carbons (Fsp3) is 0.412. The fourth-order valence-electron chi connectivity index (χ4n) is 2.80. The number of carbonyl (C=O) groups excluding carboxylic acids is 1. The van der Waals surface area contributed by atoms with Crippen molar-refractivity contribution in [2.24, 2.45) is 0 Å². The maximum Gasteiger partial charge on any atom is 0.270 e. The molecule has 1 fully saturated rings. The molecule has 4 nitrogen and oxygen atoms in total. The molecule has 1 saturated carbocycles. The van der Waals surface area contributed by atoms with Crippen LogP contribution in [-0.2, 0) is 6.42 Å². The molecule has 0 unspecified atom stereocenters. The van der Waals surface area contributed by atoms with E-state index in [0.29, 0.717) is 12.1 Å². The van der Waals surface area contributed by atoms with Gasteiger partial charge in [-0.05, 0) is 43.4 Å². The second-order valence-corrected chi connectivity index (χ2v) is 6.85. The first kappa shape index (κ1) is 16.1. The number of hydrogen-bond donors (Lipinski definition) is 2. The molecule has 2 aromatic rings. The Hall–Kier alpha value is -1.79. The van der Waals surface area contributed by atoms with E-state index in [1.54, 1.807) is 11.4 Å². The molecule has 23 heavy (non-hydrogen) atoms. The van der Waals surface area contributed by atoms with Crippen LogP contribution in [-0.4, -0.2) is 28.1 Å². The molecule has 1 aliphatic rings. The highest BCUT2D eigenvalue weighted by molar-refractivity contribution is 7.09. The van der Waals surface area contributed by atoms with Crippen LogP contribution in [0.2, 0.25) is 0 Å². The number of carbonyl (C=O) groups is 1. The Morgan fingerprint density at radius 2 is 2.13 bits per heavy atom. The Morgan fingerprint density at radius 1 is 1.35 bits per heavy atom. The smallest absolute Gasteiger partial charge is 0.270 e. The van der Waals surface area contributed by atoms with Crippen molar-refractivity contribution in [1.82, 2.24) is 10.3 Å². The van der Waals surface area contributed by atoms with Crippen molar-refractivity contribution in [3.63, 3.8) is 0 Å². The van der Waals surface area contributed by atoms with E-state index in [4.69, 9.17) is 0 Å². The molecule has 1 aromatic carbocycles. The first-order chi connectivity index (χ1) is 11.1. The number of benzene rings is 1. The summed E-state index contributed by atoms with van der Waals surface area (Å²) in [5.41, 5.74) is 1.25. The predicted molar refractivity (Wildman–Crippen MR) is 87.0 cm³/mol. The van der Waals surface area contributed by atoms with Crippen LogP contribution in [0.1, 0.15) is 46.7 Å². The third-order valence-corrected chi connectivity index (χ3v) is 4.91. The van der Waals surface area contributed by atoms with E-state index in [1.807, 2.05) is 6.07 Å². The van der Waals surface area contributed by atoms with Crippen LogP contribution in [0.4, 0.5) is 4.39 Å².